The van der Waals surface area contributed by atoms with E-state index in [9.17, 15) is 9.59 Å². The largest absolute Gasteiger partial charge is 0.449 e. The van der Waals surface area contributed by atoms with E-state index >= 15 is 0 Å². The minimum absolute atomic E-state index is 0.286. The molecule has 0 saturated heterocycles. The minimum Gasteiger partial charge on any atom is -0.449 e. The lowest BCUT2D eigenvalue weighted by molar-refractivity contribution is -0.128. The SMILES string of the molecule is CCNC(=O)[C@@H](C)OC(=O)c1cccc(I)c1. The van der Waals surface area contributed by atoms with Crippen LogP contribution in [0, 0.1) is 3.57 Å². The summed E-state index contributed by atoms with van der Waals surface area (Å²) in [5.74, 6) is -0.770. The van der Waals surface area contributed by atoms with Gasteiger partial charge in [-0.05, 0) is 54.6 Å². The number of carbonyl (C=O) groups is 2. The molecule has 0 aromatic heterocycles. The van der Waals surface area contributed by atoms with Crippen molar-refractivity contribution in [3.8, 4) is 0 Å². The van der Waals surface area contributed by atoms with Crippen molar-refractivity contribution in [2.75, 3.05) is 6.54 Å². The first-order valence-electron chi connectivity index (χ1n) is 5.29. The highest BCUT2D eigenvalue weighted by atomic mass is 127. The van der Waals surface area contributed by atoms with Crippen molar-refractivity contribution in [1.82, 2.24) is 5.32 Å². The van der Waals surface area contributed by atoms with Crippen molar-refractivity contribution in [3.63, 3.8) is 0 Å². The summed E-state index contributed by atoms with van der Waals surface area (Å²) in [6.45, 7) is 3.88. The Hall–Kier alpha value is -1.11. The van der Waals surface area contributed by atoms with Gasteiger partial charge in [-0.3, -0.25) is 4.79 Å². The third-order valence-corrected chi connectivity index (χ3v) is 2.74. The molecule has 4 nitrogen and oxygen atoms in total. The van der Waals surface area contributed by atoms with E-state index < -0.39 is 12.1 Å². The molecule has 1 amide bonds. The summed E-state index contributed by atoms with van der Waals surface area (Å²) in [7, 11) is 0. The second-order valence-electron chi connectivity index (χ2n) is 3.45. The molecule has 0 spiro atoms. The normalized spacial score (nSPS) is 11.7. The third-order valence-electron chi connectivity index (χ3n) is 2.06. The van der Waals surface area contributed by atoms with Crippen LogP contribution in [-0.4, -0.2) is 24.5 Å². The molecule has 1 N–H and O–H groups in total. The van der Waals surface area contributed by atoms with Gasteiger partial charge in [0.2, 0.25) is 0 Å². The van der Waals surface area contributed by atoms with Crippen LogP contribution in [-0.2, 0) is 9.53 Å². The van der Waals surface area contributed by atoms with Crippen molar-refractivity contribution in [2.24, 2.45) is 0 Å². The average Bonchev–Trinajstić information content (AvgIpc) is 2.29. The summed E-state index contributed by atoms with van der Waals surface area (Å²) in [6.07, 6.45) is -0.777. The number of nitrogens with one attached hydrogen (secondary N) is 1. The van der Waals surface area contributed by atoms with Crippen molar-refractivity contribution >= 4 is 34.5 Å². The summed E-state index contributed by atoms with van der Waals surface area (Å²) < 4.78 is 6.00. The molecule has 17 heavy (non-hydrogen) atoms. The summed E-state index contributed by atoms with van der Waals surface area (Å²) in [4.78, 5) is 23.1. The molecular formula is C12H14INO3. The smallest absolute Gasteiger partial charge is 0.338 e. The Morgan fingerprint density at radius 3 is 2.76 bits per heavy atom. The average molecular weight is 347 g/mol. The second-order valence-corrected chi connectivity index (χ2v) is 4.70. The van der Waals surface area contributed by atoms with Crippen molar-refractivity contribution in [3.05, 3.63) is 33.4 Å². The lowest BCUT2D eigenvalue weighted by atomic mass is 10.2. The van der Waals surface area contributed by atoms with Gasteiger partial charge in [0.05, 0.1) is 5.56 Å². The maximum absolute atomic E-state index is 11.7. The fraction of sp³-hybridized carbons (Fsp3) is 0.333. The van der Waals surface area contributed by atoms with E-state index in [0.29, 0.717) is 12.1 Å². The zero-order valence-electron chi connectivity index (χ0n) is 9.70. The summed E-state index contributed by atoms with van der Waals surface area (Å²) in [5, 5.41) is 2.60. The van der Waals surface area contributed by atoms with Gasteiger partial charge >= 0.3 is 5.97 Å². The Balaban J connectivity index is 2.63. The van der Waals surface area contributed by atoms with Gasteiger partial charge < -0.3 is 10.1 Å². The zero-order chi connectivity index (χ0) is 12.8. The van der Waals surface area contributed by atoms with E-state index in [4.69, 9.17) is 4.74 Å². The monoisotopic (exact) mass is 347 g/mol. The standard InChI is InChI=1S/C12H14INO3/c1-3-14-11(15)8(2)17-12(16)9-5-4-6-10(13)7-9/h4-8H,3H2,1-2H3,(H,14,15)/t8-/m1/s1. The zero-order valence-corrected chi connectivity index (χ0v) is 11.9. The first kappa shape index (κ1) is 14.0. The molecule has 0 saturated carbocycles. The van der Waals surface area contributed by atoms with Crippen LogP contribution in [0.4, 0.5) is 0 Å². The molecule has 1 rings (SSSR count). The predicted molar refractivity (Wildman–Crippen MR) is 72.7 cm³/mol. The van der Waals surface area contributed by atoms with Gasteiger partial charge in [0, 0.05) is 10.1 Å². The maximum Gasteiger partial charge on any atom is 0.338 e. The quantitative estimate of drug-likeness (QED) is 0.669. The molecule has 92 valence electrons. The van der Waals surface area contributed by atoms with Crippen LogP contribution in [0.1, 0.15) is 24.2 Å². The highest BCUT2D eigenvalue weighted by Crippen LogP contribution is 2.10. The van der Waals surface area contributed by atoms with Gasteiger partial charge in [0.25, 0.3) is 5.91 Å². The van der Waals surface area contributed by atoms with E-state index in [-0.39, 0.29) is 5.91 Å². The molecule has 0 aliphatic carbocycles. The molecule has 0 radical (unpaired) electrons. The van der Waals surface area contributed by atoms with E-state index in [1.807, 2.05) is 13.0 Å². The van der Waals surface area contributed by atoms with Crippen LogP contribution >= 0.6 is 22.6 Å². The molecule has 0 bridgehead atoms. The Morgan fingerprint density at radius 1 is 1.47 bits per heavy atom. The molecule has 0 aliphatic rings. The second kappa shape index (κ2) is 6.58. The summed E-state index contributed by atoms with van der Waals surface area (Å²) >= 11 is 2.11. The van der Waals surface area contributed by atoms with Gasteiger partial charge in [-0.2, -0.15) is 0 Å². The van der Waals surface area contributed by atoms with Gasteiger partial charge in [0.15, 0.2) is 6.10 Å². The Labute approximate surface area is 114 Å². The van der Waals surface area contributed by atoms with Gasteiger partial charge in [0.1, 0.15) is 0 Å². The van der Waals surface area contributed by atoms with Crippen molar-refractivity contribution in [2.45, 2.75) is 20.0 Å². The van der Waals surface area contributed by atoms with E-state index in [2.05, 4.69) is 27.9 Å². The predicted octanol–water partition coefficient (Wildman–Crippen LogP) is 1.97. The Kier molecular flexibility index (Phi) is 5.40. The number of hydrogen-bond acceptors (Lipinski definition) is 3. The molecule has 5 heteroatoms. The highest BCUT2D eigenvalue weighted by Gasteiger charge is 2.17. The molecular weight excluding hydrogens is 333 g/mol. The molecule has 0 aliphatic heterocycles. The molecule has 0 heterocycles. The number of ether oxygens (including phenoxy) is 1. The summed E-state index contributed by atoms with van der Waals surface area (Å²) in [6, 6.07) is 7.03. The fourth-order valence-electron chi connectivity index (χ4n) is 1.22. The maximum atomic E-state index is 11.7. The first-order chi connectivity index (χ1) is 8.04. The van der Waals surface area contributed by atoms with E-state index in [0.717, 1.165) is 3.57 Å². The van der Waals surface area contributed by atoms with Crippen LogP contribution in [0.25, 0.3) is 0 Å². The van der Waals surface area contributed by atoms with E-state index in [1.54, 1.807) is 25.1 Å². The van der Waals surface area contributed by atoms with Crippen LogP contribution in [0.2, 0.25) is 0 Å². The highest BCUT2D eigenvalue weighted by molar-refractivity contribution is 14.1. The number of hydrogen-bond donors (Lipinski definition) is 1. The third kappa shape index (κ3) is 4.33. The molecule has 1 aromatic rings. The van der Waals surface area contributed by atoms with Crippen LogP contribution in [0.3, 0.4) is 0 Å². The Morgan fingerprint density at radius 2 is 2.18 bits per heavy atom. The lowest BCUT2D eigenvalue weighted by Gasteiger charge is -2.12. The number of carbonyl (C=O) groups excluding carboxylic acids is 2. The number of rotatable bonds is 4. The molecule has 1 aromatic carbocycles. The van der Waals surface area contributed by atoms with E-state index in [1.165, 1.54) is 0 Å². The number of benzene rings is 1. The number of amides is 1. The van der Waals surface area contributed by atoms with Gasteiger partial charge in [-0.25, -0.2) is 4.79 Å². The van der Waals surface area contributed by atoms with Crippen LogP contribution in [0.15, 0.2) is 24.3 Å². The van der Waals surface area contributed by atoms with Gasteiger partial charge in [-0.15, -0.1) is 0 Å². The van der Waals surface area contributed by atoms with Crippen LogP contribution in [0.5, 0.6) is 0 Å². The van der Waals surface area contributed by atoms with Crippen molar-refractivity contribution < 1.29 is 14.3 Å². The Bertz CT molecular complexity index is 420. The van der Waals surface area contributed by atoms with Crippen LogP contribution < -0.4 is 5.32 Å². The number of halogens is 1. The number of esters is 1. The molecule has 1 atom stereocenters. The van der Waals surface area contributed by atoms with Crippen molar-refractivity contribution in [1.29, 1.82) is 0 Å². The number of likely N-dealkylation sites (N-methyl/N-ethyl adjacent to an activating group) is 1. The molecule has 0 fully saturated rings. The lowest BCUT2D eigenvalue weighted by Crippen LogP contribution is -2.35. The van der Waals surface area contributed by atoms with Gasteiger partial charge in [-0.1, -0.05) is 6.07 Å². The topological polar surface area (TPSA) is 55.4 Å². The first-order valence-corrected chi connectivity index (χ1v) is 6.36. The molecule has 0 unspecified atom stereocenters. The summed E-state index contributed by atoms with van der Waals surface area (Å²) in [5.41, 5.74) is 0.452. The minimum atomic E-state index is -0.777. The fourth-order valence-corrected chi connectivity index (χ4v) is 1.76.